The number of nitrogens with one attached hydrogen (secondary N) is 1. The van der Waals surface area contributed by atoms with Gasteiger partial charge in [-0.2, -0.15) is 18.2 Å². The Bertz CT molecular complexity index is 665. The summed E-state index contributed by atoms with van der Waals surface area (Å²) >= 11 is 2.93. The number of halogens is 5. The van der Waals surface area contributed by atoms with Gasteiger partial charge in [0.1, 0.15) is 11.6 Å². The molecule has 10 heteroatoms. The quantitative estimate of drug-likeness (QED) is 0.494. The maximum absolute atomic E-state index is 13.1. The molecule has 0 fully saturated rings. The Balaban J connectivity index is 2.36. The standard InChI is InChI=1S/C11H7BrF4N4O/c12-6-3-5(1-2-7(6)13)21-9-4-8(11(14,15)16)18-10(19-9)20-17/h1-4H,17H2,(H,18,19,20). The lowest BCUT2D eigenvalue weighted by Crippen LogP contribution is -2.15. The van der Waals surface area contributed by atoms with Crippen molar-refractivity contribution in [2.75, 3.05) is 5.43 Å². The molecule has 0 radical (unpaired) electrons. The Labute approximate surface area is 124 Å². The highest BCUT2D eigenvalue weighted by atomic mass is 79.9. The summed E-state index contributed by atoms with van der Waals surface area (Å²) in [7, 11) is 0. The van der Waals surface area contributed by atoms with Crippen LogP contribution in [-0.4, -0.2) is 9.97 Å². The van der Waals surface area contributed by atoms with Crippen molar-refractivity contribution >= 4 is 21.9 Å². The van der Waals surface area contributed by atoms with E-state index in [1.54, 1.807) is 0 Å². The minimum absolute atomic E-state index is 0.0954. The predicted octanol–water partition coefficient (Wildman–Crippen LogP) is 3.47. The smallest absolute Gasteiger partial charge is 0.433 e. The lowest BCUT2D eigenvalue weighted by atomic mass is 10.3. The van der Waals surface area contributed by atoms with Gasteiger partial charge < -0.3 is 4.74 Å². The lowest BCUT2D eigenvalue weighted by molar-refractivity contribution is -0.141. The number of hydrogen-bond donors (Lipinski definition) is 2. The van der Waals surface area contributed by atoms with Crippen LogP contribution < -0.4 is 16.0 Å². The van der Waals surface area contributed by atoms with Crippen LogP contribution in [0.15, 0.2) is 28.7 Å². The fourth-order valence-electron chi connectivity index (χ4n) is 1.35. The van der Waals surface area contributed by atoms with Crippen LogP contribution in [0.4, 0.5) is 23.5 Å². The summed E-state index contributed by atoms with van der Waals surface area (Å²) in [5.74, 6) is 3.73. The predicted molar refractivity (Wildman–Crippen MR) is 69.0 cm³/mol. The zero-order valence-electron chi connectivity index (χ0n) is 10.1. The number of alkyl halides is 3. The number of nitrogen functional groups attached to an aromatic ring is 1. The molecule has 0 aliphatic heterocycles. The second-order valence-corrected chi connectivity index (χ2v) is 4.59. The topological polar surface area (TPSA) is 73.1 Å². The molecule has 2 rings (SSSR count). The summed E-state index contributed by atoms with van der Waals surface area (Å²) in [6.45, 7) is 0. The third-order valence-corrected chi connectivity index (χ3v) is 2.84. The Morgan fingerprint density at radius 2 is 1.90 bits per heavy atom. The molecule has 0 unspecified atom stereocenters. The van der Waals surface area contributed by atoms with E-state index < -0.39 is 23.6 Å². The van der Waals surface area contributed by atoms with E-state index in [0.717, 1.165) is 6.07 Å². The largest absolute Gasteiger partial charge is 0.439 e. The number of anilines is 1. The summed E-state index contributed by atoms with van der Waals surface area (Å²) < 4.78 is 56.3. The third kappa shape index (κ3) is 3.79. The van der Waals surface area contributed by atoms with Gasteiger partial charge in [0.2, 0.25) is 11.8 Å². The average molecular weight is 367 g/mol. The Kier molecular flexibility index (Phi) is 4.28. The highest BCUT2D eigenvalue weighted by molar-refractivity contribution is 9.10. The zero-order chi connectivity index (χ0) is 15.6. The van der Waals surface area contributed by atoms with Gasteiger partial charge in [-0.05, 0) is 34.1 Å². The van der Waals surface area contributed by atoms with Gasteiger partial charge in [-0.25, -0.2) is 15.2 Å². The number of nitrogens with two attached hydrogens (primary N) is 1. The molecule has 2 aromatic rings. The zero-order valence-corrected chi connectivity index (χ0v) is 11.7. The first-order valence-corrected chi connectivity index (χ1v) is 6.14. The number of benzene rings is 1. The monoisotopic (exact) mass is 366 g/mol. The van der Waals surface area contributed by atoms with E-state index in [-0.39, 0.29) is 16.1 Å². The molecule has 0 bridgehead atoms. The summed E-state index contributed by atoms with van der Waals surface area (Å²) in [6.07, 6.45) is -4.68. The molecule has 112 valence electrons. The maximum atomic E-state index is 13.1. The van der Waals surface area contributed by atoms with Gasteiger partial charge in [0.15, 0.2) is 5.69 Å². The number of ether oxygens (including phenoxy) is 1. The van der Waals surface area contributed by atoms with Gasteiger partial charge in [-0.1, -0.05) is 0 Å². The minimum atomic E-state index is -4.68. The SMILES string of the molecule is NNc1nc(Oc2ccc(F)c(Br)c2)cc(C(F)(F)F)n1. The summed E-state index contributed by atoms with van der Waals surface area (Å²) in [5.41, 5.74) is 0.694. The fraction of sp³-hybridized carbons (Fsp3) is 0.0909. The molecule has 0 spiro atoms. The molecule has 0 atom stereocenters. The second kappa shape index (κ2) is 5.82. The van der Waals surface area contributed by atoms with Crippen LogP contribution >= 0.6 is 15.9 Å². The van der Waals surface area contributed by atoms with E-state index in [4.69, 9.17) is 10.6 Å². The number of rotatable bonds is 3. The average Bonchev–Trinajstić information content (AvgIpc) is 2.41. The van der Waals surface area contributed by atoms with Crippen molar-refractivity contribution in [2.24, 2.45) is 5.84 Å². The van der Waals surface area contributed by atoms with Gasteiger partial charge in [0, 0.05) is 6.07 Å². The van der Waals surface area contributed by atoms with E-state index in [9.17, 15) is 17.6 Å². The highest BCUT2D eigenvalue weighted by Gasteiger charge is 2.34. The van der Waals surface area contributed by atoms with Crippen molar-refractivity contribution in [2.45, 2.75) is 6.18 Å². The van der Waals surface area contributed by atoms with E-state index >= 15 is 0 Å². The summed E-state index contributed by atoms with van der Waals surface area (Å²) in [5, 5.41) is 0. The molecule has 3 N–H and O–H groups in total. The van der Waals surface area contributed by atoms with E-state index in [1.807, 2.05) is 5.43 Å². The summed E-state index contributed by atoms with van der Waals surface area (Å²) in [4.78, 5) is 6.81. The van der Waals surface area contributed by atoms with Gasteiger partial charge in [0.25, 0.3) is 0 Å². The summed E-state index contributed by atoms with van der Waals surface area (Å²) in [6, 6.07) is 4.19. The van der Waals surface area contributed by atoms with Crippen LogP contribution in [0, 0.1) is 5.82 Å². The third-order valence-electron chi connectivity index (χ3n) is 2.24. The van der Waals surface area contributed by atoms with Gasteiger partial charge in [-0.3, -0.25) is 5.43 Å². The first-order valence-electron chi connectivity index (χ1n) is 5.35. The number of nitrogens with zero attached hydrogens (tertiary/aromatic N) is 2. The van der Waals surface area contributed by atoms with Crippen LogP contribution in [0.1, 0.15) is 5.69 Å². The molecule has 0 saturated carbocycles. The minimum Gasteiger partial charge on any atom is -0.439 e. The molecular formula is C11H7BrF4N4O. The molecule has 1 heterocycles. The molecule has 0 aliphatic rings. The fourth-order valence-corrected chi connectivity index (χ4v) is 1.71. The first kappa shape index (κ1) is 15.4. The normalized spacial score (nSPS) is 11.3. The van der Waals surface area contributed by atoms with Crippen molar-refractivity contribution < 1.29 is 22.3 Å². The molecular weight excluding hydrogens is 360 g/mol. The van der Waals surface area contributed by atoms with Gasteiger partial charge >= 0.3 is 6.18 Å². The molecule has 0 saturated heterocycles. The van der Waals surface area contributed by atoms with Crippen molar-refractivity contribution in [1.29, 1.82) is 0 Å². The maximum Gasteiger partial charge on any atom is 0.433 e. The number of hydrogen-bond acceptors (Lipinski definition) is 5. The van der Waals surface area contributed by atoms with Crippen LogP contribution in [0.2, 0.25) is 0 Å². The van der Waals surface area contributed by atoms with Crippen LogP contribution in [0.5, 0.6) is 11.6 Å². The van der Waals surface area contributed by atoms with Gasteiger partial charge in [-0.15, -0.1) is 0 Å². The van der Waals surface area contributed by atoms with Crippen LogP contribution in [0.3, 0.4) is 0 Å². The molecule has 1 aromatic carbocycles. The van der Waals surface area contributed by atoms with E-state index in [2.05, 4.69) is 25.9 Å². The molecule has 21 heavy (non-hydrogen) atoms. The lowest BCUT2D eigenvalue weighted by Gasteiger charge is -2.11. The Morgan fingerprint density at radius 1 is 1.19 bits per heavy atom. The molecule has 1 aromatic heterocycles. The Hall–Kier alpha value is -1.94. The second-order valence-electron chi connectivity index (χ2n) is 3.74. The van der Waals surface area contributed by atoms with E-state index in [0.29, 0.717) is 6.07 Å². The van der Waals surface area contributed by atoms with Crippen LogP contribution in [0.25, 0.3) is 0 Å². The van der Waals surface area contributed by atoms with Crippen molar-refractivity contribution in [1.82, 2.24) is 9.97 Å². The Morgan fingerprint density at radius 3 is 2.48 bits per heavy atom. The van der Waals surface area contributed by atoms with E-state index in [1.165, 1.54) is 12.1 Å². The van der Waals surface area contributed by atoms with Crippen molar-refractivity contribution in [3.63, 3.8) is 0 Å². The number of aromatic nitrogens is 2. The molecule has 5 nitrogen and oxygen atoms in total. The van der Waals surface area contributed by atoms with Crippen LogP contribution in [-0.2, 0) is 6.18 Å². The highest BCUT2D eigenvalue weighted by Crippen LogP contribution is 2.32. The van der Waals surface area contributed by atoms with Crippen molar-refractivity contribution in [3.8, 4) is 11.6 Å². The number of hydrazine groups is 1. The molecule has 0 aliphatic carbocycles. The molecule has 0 amide bonds. The first-order chi connectivity index (χ1) is 9.79. The van der Waals surface area contributed by atoms with Gasteiger partial charge in [0.05, 0.1) is 4.47 Å². The van der Waals surface area contributed by atoms with Crippen molar-refractivity contribution in [3.05, 3.63) is 40.2 Å².